The van der Waals surface area contributed by atoms with E-state index in [1.165, 1.54) is 13.2 Å². The van der Waals surface area contributed by atoms with Crippen molar-refractivity contribution in [3.8, 4) is 5.75 Å². The lowest BCUT2D eigenvalue weighted by molar-refractivity contribution is -0.134. The molecule has 1 aromatic carbocycles. The van der Waals surface area contributed by atoms with Gasteiger partial charge in [-0.25, -0.2) is 4.79 Å². The molecule has 0 bridgehead atoms. The van der Waals surface area contributed by atoms with E-state index in [0.29, 0.717) is 19.4 Å². The van der Waals surface area contributed by atoms with Gasteiger partial charge >= 0.3 is 5.97 Å². The normalized spacial score (nSPS) is 13.8. The molecule has 1 rings (SSSR count). The Hall–Kier alpha value is -1.85. The van der Waals surface area contributed by atoms with Crippen LogP contribution in [0.2, 0.25) is 0 Å². The van der Waals surface area contributed by atoms with Crippen LogP contribution >= 0.6 is 0 Å². The Bertz CT molecular complexity index is 466. The number of carbonyl (C=O) groups excluding carboxylic acids is 1. The van der Waals surface area contributed by atoms with Gasteiger partial charge in [0.05, 0.1) is 33.0 Å². The molecule has 0 unspecified atom stereocenters. The van der Waals surface area contributed by atoms with Gasteiger partial charge in [0.25, 0.3) is 0 Å². The molecule has 0 aliphatic rings. The number of benzene rings is 1. The van der Waals surface area contributed by atoms with E-state index in [1.54, 1.807) is 13.2 Å². The number of methoxy groups -OCH3 is 2. The number of carbonyl (C=O) groups is 1. The van der Waals surface area contributed by atoms with Crippen molar-refractivity contribution < 1.29 is 24.1 Å². The molecule has 5 nitrogen and oxygen atoms in total. The lowest BCUT2D eigenvalue weighted by Gasteiger charge is -2.16. The highest BCUT2D eigenvalue weighted by Crippen LogP contribution is 2.14. The minimum absolute atomic E-state index is 0.0800. The van der Waals surface area contributed by atoms with Gasteiger partial charge in [0.1, 0.15) is 5.75 Å². The molecule has 0 radical (unpaired) electrons. The van der Waals surface area contributed by atoms with Gasteiger partial charge < -0.3 is 19.3 Å². The molecule has 0 saturated carbocycles. The first-order valence-corrected chi connectivity index (χ1v) is 7.22. The molecular formula is C17H24O5. The standard InChI is InChI=1S/C17H24O5/c1-13(11-15(18)5-4-6-17(19)21-3)22-12-14-7-9-16(20-2)10-8-14/h4,6-10,13,15,18H,5,11-12H2,1-3H3/b6-4+/t13-,15+/m1/s1. The lowest BCUT2D eigenvalue weighted by atomic mass is 10.1. The fraction of sp³-hybridized carbons (Fsp3) is 0.471. The summed E-state index contributed by atoms with van der Waals surface area (Å²) in [5.41, 5.74) is 1.05. The summed E-state index contributed by atoms with van der Waals surface area (Å²) in [5, 5.41) is 9.87. The van der Waals surface area contributed by atoms with Crippen LogP contribution in [0.1, 0.15) is 25.3 Å². The van der Waals surface area contributed by atoms with Gasteiger partial charge in [0.2, 0.25) is 0 Å². The van der Waals surface area contributed by atoms with Crippen LogP contribution in [-0.2, 0) is 20.9 Å². The molecule has 22 heavy (non-hydrogen) atoms. The highest BCUT2D eigenvalue weighted by Gasteiger charge is 2.10. The Labute approximate surface area is 131 Å². The molecule has 0 saturated heterocycles. The number of aliphatic hydroxyl groups excluding tert-OH is 1. The molecule has 5 heteroatoms. The Morgan fingerprint density at radius 1 is 1.27 bits per heavy atom. The van der Waals surface area contributed by atoms with Gasteiger partial charge in [0.15, 0.2) is 0 Å². The average Bonchev–Trinajstić information content (AvgIpc) is 2.53. The van der Waals surface area contributed by atoms with Crippen LogP contribution in [0.5, 0.6) is 5.75 Å². The maximum Gasteiger partial charge on any atom is 0.330 e. The van der Waals surface area contributed by atoms with Crippen molar-refractivity contribution in [2.24, 2.45) is 0 Å². The maximum absolute atomic E-state index is 10.9. The second-order valence-electron chi connectivity index (χ2n) is 5.02. The van der Waals surface area contributed by atoms with Gasteiger partial charge in [-0.2, -0.15) is 0 Å². The molecule has 0 aromatic heterocycles. The molecule has 0 aliphatic heterocycles. The summed E-state index contributed by atoms with van der Waals surface area (Å²) in [7, 11) is 2.95. The molecule has 0 aliphatic carbocycles. The fourth-order valence-corrected chi connectivity index (χ4v) is 1.90. The van der Waals surface area contributed by atoms with Crippen molar-refractivity contribution in [2.45, 2.75) is 38.6 Å². The van der Waals surface area contributed by atoms with E-state index in [0.717, 1.165) is 11.3 Å². The quantitative estimate of drug-likeness (QED) is 0.561. The van der Waals surface area contributed by atoms with Crippen molar-refractivity contribution in [3.05, 3.63) is 42.0 Å². The van der Waals surface area contributed by atoms with Crippen LogP contribution < -0.4 is 4.74 Å². The van der Waals surface area contributed by atoms with E-state index in [4.69, 9.17) is 9.47 Å². The van der Waals surface area contributed by atoms with Crippen LogP contribution in [0.4, 0.5) is 0 Å². The third-order valence-electron chi connectivity index (χ3n) is 3.16. The summed E-state index contributed by atoms with van der Waals surface area (Å²) >= 11 is 0. The zero-order valence-corrected chi connectivity index (χ0v) is 13.3. The van der Waals surface area contributed by atoms with Crippen molar-refractivity contribution in [2.75, 3.05) is 14.2 Å². The average molecular weight is 308 g/mol. The van der Waals surface area contributed by atoms with E-state index in [-0.39, 0.29) is 6.10 Å². The molecule has 0 fully saturated rings. The summed E-state index contributed by atoms with van der Waals surface area (Å²) < 4.78 is 15.3. The monoisotopic (exact) mass is 308 g/mol. The third kappa shape index (κ3) is 7.24. The van der Waals surface area contributed by atoms with Gasteiger partial charge in [-0.15, -0.1) is 0 Å². The second kappa shape index (κ2) is 9.97. The Kier molecular flexibility index (Phi) is 8.25. The summed E-state index contributed by atoms with van der Waals surface area (Å²) in [5.74, 6) is 0.389. The van der Waals surface area contributed by atoms with Crippen LogP contribution in [-0.4, -0.2) is 37.5 Å². The molecule has 122 valence electrons. The molecule has 0 amide bonds. The van der Waals surface area contributed by atoms with Crippen LogP contribution in [0.25, 0.3) is 0 Å². The Morgan fingerprint density at radius 2 is 1.95 bits per heavy atom. The predicted octanol–water partition coefficient (Wildman–Crippen LogP) is 2.47. The van der Waals surface area contributed by atoms with Crippen molar-refractivity contribution >= 4 is 5.97 Å². The first-order valence-electron chi connectivity index (χ1n) is 7.22. The second-order valence-corrected chi connectivity index (χ2v) is 5.02. The zero-order chi connectivity index (χ0) is 16.4. The summed E-state index contributed by atoms with van der Waals surface area (Å²) in [6.07, 6.45) is 3.18. The van der Waals surface area contributed by atoms with E-state index in [1.807, 2.05) is 31.2 Å². The molecule has 0 spiro atoms. The zero-order valence-electron chi connectivity index (χ0n) is 13.3. The first kappa shape index (κ1) is 18.2. The third-order valence-corrected chi connectivity index (χ3v) is 3.16. The SMILES string of the molecule is COC(=O)/C=C/C[C@H](O)C[C@@H](C)OCc1ccc(OC)cc1. The minimum atomic E-state index is -0.549. The number of ether oxygens (including phenoxy) is 3. The number of hydrogen-bond donors (Lipinski definition) is 1. The largest absolute Gasteiger partial charge is 0.497 e. The smallest absolute Gasteiger partial charge is 0.330 e. The van der Waals surface area contributed by atoms with Crippen molar-refractivity contribution in [3.63, 3.8) is 0 Å². The van der Waals surface area contributed by atoms with Crippen LogP contribution in [0, 0.1) is 0 Å². The number of rotatable bonds is 9. The van der Waals surface area contributed by atoms with Crippen molar-refractivity contribution in [1.29, 1.82) is 0 Å². The van der Waals surface area contributed by atoms with Gasteiger partial charge in [-0.1, -0.05) is 18.2 Å². The van der Waals surface area contributed by atoms with Crippen LogP contribution in [0.15, 0.2) is 36.4 Å². The number of aliphatic hydroxyl groups is 1. The van der Waals surface area contributed by atoms with Gasteiger partial charge in [0, 0.05) is 6.08 Å². The first-order chi connectivity index (χ1) is 10.5. The molecule has 0 heterocycles. The van der Waals surface area contributed by atoms with E-state index >= 15 is 0 Å². The van der Waals surface area contributed by atoms with Gasteiger partial charge in [-0.05, 0) is 37.5 Å². The number of esters is 1. The van der Waals surface area contributed by atoms with E-state index < -0.39 is 12.1 Å². The molecule has 1 aromatic rings. The topological polar surface area (TPSA) is 65.0 Å². The Morgan fingerprint density at radius 3 is 2.55 bits per heavy atom. The maximum atomic E-state index is 10.9. The summed E-state index contributed by atoms with van der Waals surface area (Å²) in [4.78, 5) is 10.9. The molecule has 1 N–H and O–H groups in total. The van der Waals surface area contributed by atoms with E-state index in [2.05, 4.69) is 4.74 Å². The highest BCUT2D eigenvalue weighted by atomic mass is 16.5. The summed E-state index contributed by atoms with van der Waals surface area (Å²) in [6, 6.07) is 7.66. The lowest BCUT2D eigenvalue weighted by Crippen LogP contribution is -2.17. The van der Waals surface area contributed by atoms with E-state index in [9.17, 15) is 9.90 Å². The van der Waals surface area contributed by atoms with Crippen molar-refractivity contribution in [1.82, 2.24) is 0 Å². The Balaban J connectivity index is 2.28. The molecular weight excluding hydrogens is 284 g/mol. The highest BCUT2D eigenvalue weighted by molar-refractivity contribution is 5.81. The summed E-state index contributed by atoms with van der Waals surface area (Å²) in [6.45, 7) is 2.40. The fourth-order valence-electron chi connectivity index (χ4n) is 1.90. The van der Waals surface area contributed by atoms with Crippen LogP contribution in [0.3, 0.4) is 0 Å². The predicted molar refractivity (Wildman–Crippen MR) is 83.6 cm³/mol. The van der Waals surface area contributed by atoms with Gasteiger partial charge in [-0.3, -0.25) is 0 Å². The minimum Gasteiger partial charge on any atom is -0.497 e. The molecule has 2 atom stereocenters. The number of hydrogen-bond acceptors (Lipinski definition) is 5.